The Kier molecular flexibility index (Phi) is 2.64. The zero-order valence-electron chi connectivity index (χ0n) is 12.7. The van der Waals surface area contributed by atoms with E-state index in [1.807, 2.05) is 17.1 Å². The van der Waals surface area contributed by atoms with Gasteiger partial charge in [-0.3, -0.25) is 4.68 Å². The molecule has 4 aliphatic carbocycles. The lowest BCUT2D eigenvalue weighted by atomic mass is 9.43. The maximum absolute atomic E-state index is 11.1. The minimum atomic E-state index is -0.312. The molecule has 4 bridgehead atoms. The van der Waals surface area contributed by atoms with Crippen molar-refractivity contribution in [3.05, 3.63) is 18.0 Å². The summed E-state index contributed by atoms with van der Waals surface area (Å²) in [7, 11) is 0. The lowest BCUT2D eigenvalue weighted by Gasteiger charge is -2.62. The van der Waals surface area contributed by atoms with Crippen molar-refractivity contribution in [3.8, 4) is 0 Å². The van der Waals surface area contributed by atoms with E-state index in [1.54, 1.807) is 0 Å². The van der Waals surface area contributed by atoms with E-state index in [-0.39, 0.29) is 11.5 Å². The zero-order valence-corrected chi connectivity index (χ0v) is 12.7. The summed E-state index contributed by atoms with van der Waals surface area (Å²) in [5.74, 6) is 1.72. The second-order valence-electron chi connectivity index (χ2n) is 8.17. The minimum absolute atomic E-state index is 0.139. The molecule has 3 unspecified atom stereocenters. The second kappa shape index (κ2) is 4.09. The van der Waals surface area contributed by atoms with E-state index in [1.165, 1.54) is 38.5 Å². The predicted molar refractivity (Wildman–Crippen MR) is 78.1 cm³/mol. The third-order valence-electron chi connectivity index (χ3n) is 6.27. The van der Waals surface area contributed by atoms with Gasteiger partial charge < -0.3 is 5.11 Å². The summed E-state index contributed by atoms with van der Waals surface area (Å²) >= 11 is 0. The van der Waals surface area contributed by atoms with E-state index in [0.29, 0.717) is 5.41 Å². The fraction of sp³-hybridized carbons (Fsp3) is 0.824. The van der Waals surface area contributed by atoms with Crippen molar-refractivity contribution in [2.75, 3.05) is 0 Å². The summed E-state index contributed by atoms with van der Waals surface area (Å²) in [4.78, 5) is 0. The standard InChI is InChI=1S/C17H26N2O/c1-3-19-10-14(9-18-19)15(20)17-7-12-4-13(8-17)6-16(2,5-12)11-17/h9-10,12-13,15,20H,3-8,11H2,1-2H3. The second-order valence-corrected chi connectivity index (χ2v) is 8.17. The van der Waals surface area contributed by atoms with Crippen LogP contribution in [-0.2, 0) is 6.54 Å². The highest BCUT2D eigenvalue weighted by Gasteiger charge is 2.58. The van der Waals surface area contributed by atoms with Gasteiger partial charge >= 0.3 is 0 Å². The fourth-order valence-electron chi connectivity index (χ4n) is 6.17. The van der Waals surface area contributed by atoms with E-state index in [9.17, 15) is 5.11 Å². The quantitative estimate of drug-likeness (QED) is 0.915. The Labute approximate surface area is 121 Å². The maximum atomic E-state index is 11.1. The molecule has 1 aromatic rings. The van der Waals surface area contributed by atoms with Crippen LogP contribution in [0.4, 0.5) is 0 Å². The number of hydrogen-bond donors (Lipinski definition) is 1. The molecular formula is C17H26N2O. The lowest BCUT2D eigenvalue weighted by Crippen LogP contribution is -2.53. The Morgan fingerprint density at radius 3 is 2.60 bits per heavy atom. The largest absolute Gasteiger partial charge is 0.388 e. The molecule has 1 N–H and O–H groups in total. The van der Waals surface area contributed by atoms with Crippen molar-refractivity contribution >= 4 is 0 Å². The first kappa shape index (κ1) is 12.9. The van der Waals surface area contributed by atoms with Crippen LogP contribution in [0.25, 0.3) is 0 Å². The van der Waals surface area contributed by atoms with Gasteiger partial charge in [0, 0.05) is 23.7 Å². The molecule has 1 aromatic heterocycles. The Balaban J connectivity index is 1.66. The van der Waals surface area contributed by atoms with Gasteiger partial charge in [-0.05, 0) is 62.7 Å². The fourth-order valence-corrected chi connectivity index (χ4v) is 6.17. The first-order valence-electron chi connectivity index (χ1n) is 8.22. The van der Waals surface area contributed by atoms with Gasteiger partial charge in [-0.25, -0.2) is 0 Å². The average molecular weight is 274 g/mol. The lowest BCUT2D eigenvalue weighted by molar-refractivity contribution is -0.155. The first-order chi connectivity index (χ1) is 9.52. The topological polar surface area (TPSA) is 38.0 Å². The molecule has 0 saturated heterocycles. The van der Waals surface area contributed by atoms with Crippen LogP contribution in [0.5, 0.6) is 0 Å². The highest BCUT2D eigenvalue weighted by Crippen LogP contribution is 2.68. The van der Waals surface area contributed by atoms with Crippen LogP contribution in [0.2, 0.25) is 0 Å². The highest BCUT2D eigenvalue weighted by molar-refractivity contribution is 5.17. The number of nitrogens with zero attached hydrogens (tertiary/aromatic N) is 2. The summed E-state index contributed by atoms with van der Waals surface area (Å²) in [5.41, 5.74) is 1.67. The number of rotatable bonds is 3. The van der Waals surface area contributed by atoms with Crippen LogP contribution < -0.4 is 0 Å². The molecular weight excluding hydrogens is 248 g/mol. The minimum Gasteiger partial charge on any atom is -0.388 e. The number of aryl methyl sites for hydroxylation is 1. The van der Waals surface area contributed by atoms with Gasteiger partial charge in [-0.2, -0.15) is 5.10 Å². The van der Waals surface area contributed by atoms with Crippen molar-refractivity contribution in [1.29, 1.82) is 0 Å². The van der Waals surface area contributed by atoms with Gasteiger partial charge in [-0.15, -0.1) is 0 Å². The van der Waals surface area contributed by atoms with E-state index < -0.39 is 0 Å². The highest BCUT2D eigenvalue weighted by atomic mass is 16.3. The van der Waals surface area contributed by atoms with E-state index in [4.69, 9.17) is 0 Å². The molecule has 3 atom stereocenters. The first-order valence-corrected chi connectivity index (χ1v) is 8.22. The predicted octanol–water partition coefficient (Wildman–Crippen LogP) is 3.54. The maximum Gasteiger partial charge on any atom is 0.0877 e. The van der Waals surface area contributed by atoms with Gasteiger partial charge in [-0.1, -0.05) is 6.92 Å². The molecule has 0 spiro atoms. The Morgan fingerprint density at radius 2 is 2.05 bits per heavy atom. The molecule has 20 heavy (non-hydrogen) atoms. The van der Waals surface area contributed by atoms with Crippen molar-refractivity contribution in [2.45, 2.75) is 65.0 Å². The number of aromatic nitrogens is 2. The average Bonchev–Trinajstić information content (AvgIpc) is 2.83. The van der Waals surface area contributed by atoms with Crippen molar-refractivity contribution in [1.82, 2.24) is 9.78 Å². The molecule has 3 nitrogen and oxygen atoms in total. The number of aliphatic hydroxyl groups is 1. The van der Waals surface area contributed by atoms with Gasteiger partial charge in [0.1, 0.15) is 0 Å². The van der Waals surface area contributed by atoms with Gasteiger partial charge in [0.05, 0.1) is 12.3 Å². The molecule has 0 aliphatic heterocycles. The molecule has 0 amide bonds. The SMILES string of the molecule is CCn1cc(C(O)C23CC4CC(CC(C)(C4)C2)C3)cn1. The molecule has 4 saturated carbocycles. The van der Waals surface area contributed by atoms with E-state index >= 15 is 0 Å². The third-order valence-corrected chi connectivity index (χ3v) is 6.27. The molecule has 1 heterocycles. The Bertz CT molecular complexity index is 507. The van der Waals surface area contributed by atoms with Crippen molar-refractivity contribution < 1.29 is 5.11 Å². The van der Waals surface area contributed by atoms with Crippen molar-refractivity contribution in [2.24, 2.45) is 22.7 Å². The van der Waals surface area contributed by atoms with Gasteiger partial charge in [0.15, 0.2) is 0 Å². The monoisotopic (exact) mass is 274 g/mol. The van der Waals surface area contributed by atoms with Crippen LogP contribution in [0.1, 0.15) is 64.0 Å². The van der Waals surface area contributed by atoms with Gasteiger partial charge in [0.25, 0.3) is 0 Å². The number of hydrogen-bond acceptors (Lipinski definition) is 2. The van der Waals surface area contributed by atoms with Crippen LogP contribution in [0.3, 0.4) is 0 Å². The normalized spacial score (nSPS) is 44.0. The van der Waals surface area contributed by atoms with Crippen LogP contribution in [0, 0.1) is 22.7 Å². The zero-order chi connectivity index (χ0) is 14.0. The van der Waals surface area contributed by atoms with Crippen molar-refractivity contribution in [3.63, 3.8) is 0 Å². The van der Waals surface area contributed by atoms with Gasteiger partial charge in [0.2, 0.25) is 0 Å². The molecule has 5 rings (SSSR count). The number of aliphatic hydroxyl groups excluding tert-OH is 1. The summed E-state index contributed by atoms with van der Waals surface area (Å²) in [6.45, 7) is 5.43. The molecule has 4 aliphatic rings. The van der Waals surface area contributed by atoms with Crippen LogP contribution in [-0.4, -0.2) is 14.9 Å². The molecule has 110 valence electrons. The summed E-state index contributed by atoms with van der Waals surface area (Å²) in [6, 6.07) is 0. The Morgan fingerprint density at radius 1 is 1.35 bits per heavy atom. The summed E-state index contributed by atoms with van der Waals surface area (Å²) in [5, 5.41) is 15.4. The summed E-state index contributed by atoms with van der Waals surface area (Å²) < 4.78 is 1.93. The van der Waals surface area contributed by atoms with Crippen LogP contribution in [0.15, 0.2) is 12.4 Å². The third kappa shape index (κ3) is 1.78. The molecule has 0 radical (unpaired) electrons. The van der Waals surface area contributed by atoms with E-state index in [2.05, 4.69) is 18.9 Å². The molecule has 3 heteroatoms. The molecule has 0 aromatic carbocycles. The van der Waals surface area contributed by atoms with Crippen LogP contribution >= 0.6 is 0 Å². The smallest absolute Gasteiger partial charge is 0.0877 e. The summed E-state index contributed by atoms with van der Waals surface area (Å²) in [6.07, 6.45) is 11.5. The van der Waals surface area contributed by atoms with E-state index in [0.717, 1.165) is 23.9 Å². The Hall–Kier alpha value is -0.830. The molecule has 4 fully saturated rings.